The van der Waals surface area contributed by atoms with E-state index in [4.69, 9.17) is 4.74 Å². The van der Waals surface area contributed by atoms with Gasteiger partial charge in [0.05, 0.1) is 12.2 Å². The third kappa shape index (κ3) is 7.59. The van der Waals surface area contributed by atoms with Gasteiger partial charge < -0.3 is 20.3 Å². The first-order valence-corrected chi connectivity index (χ1v) is 10.9. The van der Waals surface area contributed by atoms with Gasteiger partial charge in [0, 0.05) is 37.8 Å². The summed E-state index contributed by atoms with van der Waals surface area (Å²) in [4.78, 5) is 17.1. The third-order valence-corrected chi connectivity index (χ3v) is 6.13. The normalized spacial score (nSPS) is 25.6. The Morgan fingerprint density at radius 2 is 1.74 bits per heavy atom. The second-order valence-corrected chi connectivity index (χ2v) is 9.21. The van der Waals surface area contributed by atoms with Crippen molar-refractivity contribution >= 4 is 6.03 Å². The second-order valence-electron chi connectivity index (χ2n) is 9.21. The average molecular weight is 383 g/mol. The topological polar surface area (TPSA) is 56.8 Å². The second kappa shape index (κ2) is 10.6. The van der Waals surface area contributed by atoms with Gasteiger partial charge in [0.2, 0.25) is 0 Å². The van der Waals surface area contributed by atoms with Gasteiger partial charge in [-0.2, -0.15) is 0 Å². The molecule has 27 heavy (non-hydrogen) atoms. The van der Waals surface area contributed by atoms with E-state index in [-0.39, 0.29) is 23.8 Å². The van der Waals surface area contributed by atoms with Gasteiger partial charge in [-0.05, 0) is 60.5 Å². The van der Waals surface area contributed by atoms with Crippen LogP contribution in [0.4, 0.5) is 4.79 Å². The van der Waals surface area contributed by atoms with Crippen molar-refractivity contribution in [2.75, 3.05) is 39.8 Å². The Balaban J connectivity index is 1.61. The van der Waals surface area contributed by atoms with Crippen LogP contribution in [0.3, 0.4) is 0 Å². The highest BCUT2D eigenvalue weighted by molar-refractivity contribution is 5.73. The highest BCUT2D eigenvalue weighted by Crippen LogP contribution is 2.22. The van der Waals surface area contributed by atoms with Crippen LogP contribution in [0.1, 0.15) is 66.2 Å². The maximum atomic E-state index is 12.2. The summed E-state index contributed by atoms with van der Waals surface area (Å²) in [6.45, 7) is 12.9. The molecule has 0 aromatic heterocycles. The molecule has 1 aliphatic heterocycles. The lowest BCUT2D eigenvalue weighted by molar-refractivity contribution is -0.0947. The zero-order chi connectivity index (χ0) is 19.9. The first kappa shape index (κ1) is 22.4. The van der Waals surface area contributed by atoms with Crippen LogP contribution in [-0.2, 0) is 4.74 Å². The minimum absolute atomic E-state index is 0.0576. The van der Waals surface area contributed by atoms with E-state index in [1.807, 2.05) is 0 Å². The van der Waals surface area contributed by atoms with Crippen molar-refractivity contribution in [3.8, 4) is 0 Å². The predicted molar refractivity (Wildman–Crippen MR) is 111 cm³/mol. The van der Waals surface area contributed by atoms with Crippen LogP contribution in [-0.4, -0.2) is 79.4 Å². The van der Waals surface area contributed by atoms with E-state index < -0.39 is 0 Å². The molecular formula is C21H42N4O2. The Bertz CT molecular complexity index is 441. The summed E-state index contributed by atoms with van der Waals surface area (Å²) in [7, 11) is 2.23. The first-order chi connectivity index (χ1) is 12.8. The molecule has 2 amide bonds. The van der Waals surface area contributed by atoms with Gasteiger partial charge in [-0.15, -0.1) is 0 Å². The fourth-order valence-corrected chi connectivity index (χ4v) is 4.38. The molecule has 158 valence electrons. The molecule has 2 fully saturated rings. The standard InChI is InChI=1S/C21H42N4O2/c1-17-14-25(15-18(2)27-17)21(3,4)16-23-20(26)22-12-9-13-24(5)19-10-7-6-8-11-19/h17-19H,6-16H2,1-5H3,(H2,22,23,26). The number of rotatable bonds is 8. The van der Waals surface area contributed by atoms with Crippen LogP contribution in [0.25, 0.3) is 0 Å². The van der Waals surface area contributed by atoms with Gasteiger partial charge in [0.25, 0.3) is 0 Å². The Kier molecular flexibility index (Phi) is 8.83. The van der Waals surface area contributed by atoms with Crippen molar-refractivity contribution in [3.05, 3.63) is 0 Å². The molecule has 0 radical (unpaired) electrons. The Morgan fingerprint density at radius 1 is 1.11 bits per heavy atom. The van der Waals surface area contributed by atoms with E-state index in [2.05, 4.69) is 55.2 Å². The van der Waals surface area contributed by atoms with Crippen LogP contribution < -0.4 is 10.6 Å². The molecule has 2 rings (SSSR count). The van der Waals surface area contributed by atoms with Crippen molar-refractivity contribution < 1.29 is 9.53 Å². The van der Waals surface area contributed by atoms with E-state index in [9.17, 15) is 4.79 Å². The maximum absolute atomic E-state index is 12.2. The summed E-state index contributed by atoms with van der Waals surface area (Å²) in [5.41, 5.74) is -0.0785. The van der Waals surface area contributed by atoms with E-state index in [1.165, 1.54) is 32.1 Å². The highest BCUT2D eigenvalue weighted by atomic mass is 16.5. The fourth-order valence-electron chi connectivity index (χ4n) is 4.38. The molecule has 2 N–H and O–H groups in total. The maximum Gasteiger partial charge on any atom is 0.314 e. The minimum atomic E-state index is -0.0785. The molecule has 1 aliphatic carbocycles. The molecule has 0 bridgehead atoms. The number of hydrogen-bond acceptors (Lipinski definition) is 4. The summed E-state index contributed by atoms with van der Waals surface area (Å²) >= 11 is 0. The molecule has 1 saturated heterocycles. The van der Waals surface area contributed by atoms with Gasteiger partial charge in [0.15, 0.2) is 0 Å². The van der Waals surface area contributed by atoms with Crippen molar-refractivity contribution in [1.82, 2.24) is 20.4 Å². The Morgan fingerprint density at radius 3 is 2.37 bits per heavy atom. The van der Waals surface area contributed by atoms with Gasteiger partial charge in [-0.3, -0.25) is 4.90 Å². The number of ether oxygens (including phenoxy) is 1. The van der Waals surface area contributed by atoms with Crippen molar-refractivity contribution in [2.45, 2.75) is 90.0 Å². The summed E-state index contributed by atoms with van der Waals surface area (Å²) < 4.78 is 5.82. The number of nitrogens with one attached hydrogen (secondary N) is 2. The molecule has 0 aromatic rings. The van der Waals surface area contributed by atoms with E-state index in [0.29, 0.717) is 6.54 Å². The van der Waals surface area contributed by atoms with Gasteiger partial charge in [0.1, 0.15) is 0 Å². The summed E-state index contributed by atoms with van der Waals surface area (Å²) in [6.07, 6.45) is 8.27. The lowest BCUT2D eigenvalue weighted by atomic mass is 9.94. The number of morpholine rings is 1. The SMILES string of the molecule is CC1CN(C(C)(C)CNC(=O)NCCCN(C)C2CCCCC2)CC(C)O1. The fraction of sp³-hybridized carbons (Fsp3) is 0.952. The smallest absolute Gasteiger partial charge is 0.314 e. The Hall–Kier alpha value is -0.850. The van der Waals surface area contributed by atoms with E-state index >= 15 is 0 Å². The minimum Gasteiger partial charge on any atom is -0.373 e. The number of hydrogen-bond donors (Lipinski definition) is 2. The quantitative estimate of drug-likeness (QED) is 0.634. The largest absolute Gasteiger partial charge is 0.373 e. The lowest BCUT2D eigenvalue weighted by Gasteiger charge is -2.45. The monoisotopic (exact) mass is 382 g/mol. The number of amides is 2. The molecule has 6 heteroatoms. The van der Waals surface area contributed by atoms with Gasteiger partial charge in [-0.25, -0.2) is 4.79 Å². The molecule has 2 atom stereocenters. The number of urea groups is 1. The molecule has 6 nitrogen and oxygen atoms in total. The summed E-state index contributed by atoms with van der Waals surface area (Å²) in [5.74, 6) is 0. The van der Waals surface area contributed by atoms with Crippen molar-refractivity contribution in [2.24, 2.45) is 0 Å². The lowest BCUT2D eigenvalue weighted by Crippen LogP contribution is -2.59. The average Bonchev–Trinajstić information content (AvgIpc) is 2.63. The van der Waals surface area contributed by atoms with Crippen LogP contribution in [0.5, 0.6) is 0 Å². The zero-order valence-electron chi connectivity index (χ0n) is 18.2. The number of nitrogens with zero attached hydrogens (tertiary/aromatic N) is 2. The predicted octanol–water partition coefficient (Wildman–Crippen LogP) is 2.83. The molecule has 2 aliphatic rings. The summed E-state index contributed by atoms with van der Waals surface area (Å²) in [5, 5.41) is 6.07. The summed E-state index contributed by atoms with van der Waals surface area (Å²) in [6, 6.07) is 0.685. The zero-order valence-corrected chi connectivity index (χ0v) is 18.2. The van der Waals surface area contributed by atoms with Crippen LogP contribution >= 0.6 is 0 Å². The Labute approximate surface area is 166 Å². The van der Waals surface area contributed by atoms with Crippen LogP contribution in [0.15, 0.2) is 0 Å². The first-order valence-electron chi connectivity index (χ1n) is 10.9. The number of carbonyl (C=O) groups excluding carboxylic acids is 1. The van der Waals surface area contributed by atoms with Crippen LogP contribution in [0.2, 0.25) is 0 Å². The molecule has 1 heterocycles. The van der Waals surface area contributed by atoms with Crippen LogP contribution in [0, 0.1) is 0 Å². The molecule has 0 aromatic carbocycles. The molecule has 1 saturated carbocycles. The van der Waals surface area contributed by atoms with E-state index in [1.54, 1.807) is 0 Å². The third-order valence-electron chi connectivity index (χ3n) is 6.13. The van der Waals surface area contributed by atoms with E-state index in [0.717, 1.165) is 38.6 Å². The van der Waals surface area contributed by atoms with Crippen molar-refractivity contribution in [3.63, 3.8) is 0 Å². The van der Waals surface area contributed by atoms with Crippen molar-refractivity contribution in [1.29, 1.82) is 0 Å². The van der Waals surface area contributed by atoms with Gasteiger partial charge >= 0.3 is 6.03 Å². The molecule has 0 spiro atoms. The molecule has 2 unspecified atom stereocenters. The highest BCUT2D eigenvalue weighted by Gasteiger charge is 2.33. The molecular weight excluding hydrogens is 340 g/mol. The number of carbonyl (C=O) groups is 1. The van der Waals surface area contributed by atoms with Gasteiger partial charge in [-0.1, -0.05) is 19.3 Å².